The summed E-state index contributed by atoms with van der Waals surface area (Å²) in [6.07, 6.45) is 2.84. The second-order valence-corrected chi connectivity index (χ2v) is 7.95. The van der Waals surface area contributed by atoms with Gasteiger partial charge in [0, 0.05) is 44.1 Å². The summed E-state index contributed by atoms with van der Waals surface area (Å²) in [4.78, 5) is 21.8. The van der Waals surface area contributed by atoms with Crippen molar-refractivity contribution in [3.63, 3.8) is 0 Å². The Balaban J connectivity index is 1.38. The molecule has 1 aromatic heterocycles. The zero-order valence-electron chi connectivity index (χ0n) is 16.4. The third kappa shape index (κ3) is 3.24. The average molecular weight is 394 g/mol. The highest BCUT2D eigenvalue weighted by atomic mass is 16.5. The first kappa shape index (κ1) is 18.4. The van der Waals surface area contributed by atoms with E-state index in [9.17, 15) is 4.79 Å². The summed E-state index contributed by atoms with van der Waals surface area (Å²) in [7, 11) is 0. The van der Waals surface area contributed by atoms with Gasteiger partial charge in [0.25, 0.3) is 5.91 Å². The number of rotatable bonds is 2. The van der Waals surface area contributed by atoms with E-state index in [1.165, 1.54) is 0 Å². The van der Waals surface area contributed by atoms with E-state index in [-0.39, 0.29) is 5.91 Å². The molecule has 1 atom stereocenters. The number of hydrogen-bond donors (Lipinski definition) is 1. The van der Waals surface area contributed by atoms with Gasteiger partial charge in [0.15, 0.2) is 6.10 Å². The number of amides is 1. The number of fused-ring (bicyclic) bond motifs is 2. The molecule has 1 spiro atoms. The molecule has 5 rings (SSSR count). The zero-order valence-corrected chi connectivity index (χ0v) is 16.4. The molecule has 3 aliphatic rings. The Morgan fingerprint density at radius 1 is 1.10 bits per heavy atom. The maximum atomic E-state index is 13.2. The van der Waals surface area contributed by atoms with Gasteiger partial charge in [-0.05, 0) is 30.0 Å². The molecule has 29 heavy (non-hydrogen) atoms. The SMILES string of the molecule is Nc1ccnc(N2CCC3(CC2)OC(C(=O)N2CCOCC2)c2ccccc23)c1. The van der Waals surface area contributed by atoms with Crippen LogP contribution in [0.2, 0.25) is 0 Å². The number of aromatic nitrogens is 1. The second kappa shape index (κ2) is 7.31. The second-order valence-electron chi connectivity index (χ2n) is 7.95. The van der Waals surface area contributed by atoms with Crippen LogP contribution >= 0.6 is 0 Å². The number of nitrogens with two attached hydrogens (primary N) is 1. The number of anilines is 2. The molecule has 1 unspecified atom stereocenters. The number of carbonyl (C=O) groups is 1. The molecule has 1 aromatic carbocycles. The highest BCUT2D eigenvalue weighted by Gasteiger charge is 2.49. The topological polar surface area (TPSA) is 80.9 Å². The van der Waals surface area contributed by atoms with Crippen molar-refractivity contribution in [3.8, 4) is 0 Å². The molecule has 152 valence electrons. The average Bonchev–Trinajstić information content (AvgIpc) is 3.09. The first-order valence-corrected chi connectivity index (χ1v) is 10.3. The Hall–Kier alpha value is -2.64. The van der Waals surface area contributed by atoms with Crippen LogP contribution in [0.1, 0.15) is 30.1 Å². The number of hydrogen-bond acceptors (Lipinski definition) is 6. The van der Waals surface area contributed by atoms with Crippen LogP contribution in [0.25, 0.3) is 0 Å². The van der Waals surface area contributed by atoms with Gasteiger partial charge in [-0.2, -0.15) is 0 Å². The molecule has 0 aliphatic carbocycles. The van der Waals surface area contributed by atoms with Crippen LogP contribution in [0.4, 0.5) is 11.5 Å². The Morgan fingerprint density at radius 2 is 1.86 bits per heavy atom. The van der Waals surface area contributed by atoms with Crippen LogP contribution < -0.4 is 10.6 Å². The molecule has 0 saturated carbocycles. The van der Waals surface area contributed by atoms with Crippen molar-refractivity contribution in [2.45, 2.75) is 24.5 Å². The van der Waals surface area contributed by atoms with Crippen LogP contribution in [0.5, 0.6) is 0 Å². The van der Waals surface area contributed by atoms with Gasteiger partial charge in [0.05, 0.1) is 18.8 Å². The lowest BCUT2D eigenvalue weighted by Crippen LogP contribution is -2.45. The first-order valence-electron chi connectivity index (χ1n) is 10.3. The van der Waals surface area contributed by atoms with Gasteiger partial charge in [-0.25, -0.2) is 4.98 Å². The maximum absolute atomic E-state index is 13.2. The lowest BCUT2D eigenvalue weighted by molar-refractivity contribution is -0.160. The smallest absolute Gasteiger partial charge is 0.256 e. The summed E-state index contributed by atoms with van der Waals surface area (Å²) in [6.45, 7) is 4.05. The molecular formula is C22H26N4O3. The normalized spacial score (nSPS) is 23.2. The Bertz CT molecular complexity index is 904. The van der Waals surface area contributed by atoms with Crippen LogP contribution in [-0.2, 0) is 19.9 Å². The van der Waals surface area contributed by atoms with Crippen LogP contribution in [-0.4, -0.2) is 55.2 Å². The molecule has 7 heteroatoms. The quantitative estimate of drug-likeness (QED) is 0.840. The summed E-state index contributed by atoms with van der Waals surface area (Å²) in [6, 6.07) is 11.9. The summed E-state index contributed by atoms with van der Waals surface area (Å²) in [5.41, 5.74) is 8.40. The lowest BCUT2D eigenvalue weighted by Gasteiger charge is -2.40. The van der Waals surface area contributed by atoms with Crippen LogP contribution in [0.15, 0.2) is 42.6 Å². The highest BCUT2D eigenvalue weighted by Crippen LogP contribution is 2.50. The van der Waals surface area contributed by atoms with Crippen molar-refractivity contribution in [3.05, 3.63) is 53.7 Å². The molecular weight excluding hydrogens is 368 g/mol. The number of carbonyl (C=O) groups excluding carboxylic acids is 1. The Labute approximate surface area is 170 Å². The molecule has 0 bridgehead atoms. The summed E-state index contributed by atoms with van der Waals surface area (Å²) < 4.78 is 12.0. The molecule has 0 radical (unpaired) electrons. The molecule has 4 heterocycles. The minimum Gasteiger partial charge on any atom is -0.399 e. The number of nitrogens with zero attached hydrogens (tertiary/aromatic N) is 3. The van der Waals surface area contributed by atoms with E-state index in [0.29, 0.717) is 32.0 Å². The van der Waals surface area contributed by atoms with E-state index in [1.54, 1.807) is 12.3 Å². The minimum atomic E-state index is -0.527. The third-order valence-corrected chi connectivity index (χ3v) is 6.29. The van der Waals surface area contributed by atoms with Crippen molar-refractivity contribution < 1.29 is 14.3 Å². The van der Waals surface area contributed by atoms with Crippen molar-refractivity contribution in [1.29, 1.82) is 0 Å². The van der Waals surface area contributed by atoms with E-state index in [4.69, 9.17) is 15.2 Å². The van der Waals surface area contributed by atoms with E-state index in [1.807, 2.05) is 29.2 Å². The summed E-state index contributed by atoms with van der Waals surface area (Å²) >= 11 is 0. The standard InChI is InChI=1S/C22H26N4O3/c23-16-5-8-24-19(15-16)25-9-6-22(7-10-25)18-4-2-1-3-17(18)20(29-22)21(27)26-11-13-28-14-12-26/h1-5,8,15,20H,6-7,9-14H2,(H2,23,24). The van der Waals surface area contributed by atoms with Crippen LogP contribution in [0.3, 0.4) is 0 Å². The third-order valence-electron chi connectivity index (χ3n) is 6.29. The van der Waals surface area contributed by atoms with E-state index in [2.05, 4.69) is 16.0 Å². The number of piperidine rings is 1. The predicted molar refractivity (Wildman–Crippen MR) is 109 cm³/mol. The summed E-state index contributed by atoms with van der Waals surface area (Å²) in [5, 5.41) is 0. The highest BCUT2D eigenvalue weighted by molar-refractivity contribution is 5.84. The Morgan fingerprint density at radius 3 is 2.62 bits per heavy atom. The van der Waals surface area contributed by atoms with Crippen molar-refractivity contribution in [2.75, 3.05) is 50.0 Å². The molecule has 2 saturated heterocycles. The van der Waals surface area contributed by atoms with E-state index < -0.39 is 11.7 Å². The Kier molecular flexibility index (Phi) is 4.64. The van der Waals surface area contributed by atoms with Crippen LogP contribution in [0, 0.1) is 0 Å². The minimum absolute atomic E-state index is 0.0533. The maximum Gasteiger partial charge on any atom is 0.256 e. The molecule has 1 amide bonds. The predicted octanol–water partition coefficient (Wildman–Crippen LogP) is 2.09. The number of morpholine rings is 1. The van der Waals surface area contributed by atoms with Gasteiger partial charge in [-0.1, -0.05) is 24.3 Å². The molecule has 2 N–H and O–H groups in total. The van der Waals surface area contributed by atoms with E-state index in [0.717, 1.165) is 42.9 Å². The first-order chi connectivity index (χ1) is 14.2. The fourth-order valence-electron chi connectivity index (χ4n) is 4.72. The number of nitrogen functional groups attached to an aromatic ring is 1. The monoisotopic (exact) mass is 394 g/mol. The number of ether oxygens (including phenoxy) is 2. The van der Waals surface area contributed by atoms with Gasteiger partial charge in [0.1, 0.15) is 5.82 Å². The van der Waals surface area contributed by atoms with Gasteiger partial charge >= 0.3 is 0 Å². The fraction of sp³-hybridized carbons (Fsp3) is 0.455. The van der Waals surface area contributed by atoms with Gasteiger partial charge in [-0.3, -0.25) is 4.79 Å². The van der Waals surface area contributed by atoms with Gasteiger partial charge in [0.2, 0.25) is 0 Å². The number of benzene rings is 1. The van der Waals surface area contributed by atoms with Crippen molar-refractivity contribution >= 4 is 17.4 Å². The molecule has 2 fully saturated rings. The number of pyridine rings is 1. The zero-order chi connectivity index (χ0) is 19.8. The van der Waals surface area contributed by atoms with E-state index >= 15 is 0 Å². The molecule has 7 nitrogen and oxygen atoms in total. The molecule has 3 aliphatic heterocycles. The largest absolute Gasteiger partial charge is 0.399 e. The van der Waals surface area contributed by atoms with Gasteiger partial charge < -0.3 is 25.0 Å². The lowest BCUT2D eigenvalue weighted by atomic mass is 9.83. The van der Waals surface area contributed by atoms with Gasteiger partial charge in [-0.15, -0.1) is 0 Å². The van der Waals surface area contributed by atoms with Crippen molar-refractivity contribution in [1.82, 2.24) is 9.88 Å². The molecule has 2 aromatic rings. The fourth-order valence-corrected chi connectivity index (χ4v) is 4.72. The van der Waals surface area contributed by atoms with Crippen molar-refractivity contribution in [2.24, 2.45) is 0 Å². The summed E-state index contributed by atoms with van der Waals surface area (Å²) in [5.74, 6) is 0.949.